The number of aliphatic hydroxyl groups is 9. The maximum atomic E-state index is 14.2. The molecule has 0 radical (unpaired) electrons. The van der Waals surface area contributed by atoms with Gasteiger partial charge in [0.05, 0.1) is 90.2 Å². The van der Waals surface area contributed by atoms with Crippen molar-refractivity contribution in [1.29, 1.82) is 0 Å². The van der Waals surface area contributed by atoms with Gasteiger partial charge in [0, 0.05) is 110 Å². The average Bonchev–Trinajstić information content (AvgIpc) is 0.839. The van der Waals surface area contributed by atoms with E-state index in [1.165, 1.54) is 12.0 Å². The molecule has 3 rings (SSSR count). The number of nitrogens with two attached hydrogens (primary N) is 1. The van der Waals surface area contributed by atoms with E-state index in [-0.39, 0.29) is 156 Å². The number of amides is 4. The maximum Gasteiger partial charge on any atom is 0.471 e. The molecule has 3 aliphatic rings. The van der Waals surface area contributed by atoms with Crippen LogP contribution in [0.1, 0.15) is 179 Å². The first-order chi connectivity index (χ1) is 48.2. The van der Waals surface area contributed by atoms with Gasteiger partial charge in [-0.15, -0.1) is 0 Å². The molecule has 3 heterocycles. The molecule has 0 aromatic rings. The number of carbonyl (C=O) groups excluding carboxylic acids is 8. The third-order valence-electron chi connectivity index (χ3n) is 16.5. The fraction of sp³-hybridized carbons (Fsp3) is 0.882. The predicted molar refractivity (Wildman–Crippen MR) is 379 cm³/mol. The van der Waals surface area contributed by atoms with E-state index >= 15 is 0 Å². The van der Waals surface area contributed by atoms with Crippen LogP contribution in [0.5, 0.6) is 0 Å². The Kier molecular flexibility index (Phi) is 61.0. The van der Waals surface area contributed by atoms with Crippen molar-refractivity contribution in [3.63, 3.8) is 0 Å². The second-order valence-corrected chi connectivity index (χ2v) is 25.9. The summed E-state index contributed by atoms with van der Waals surface area (Å²) in [7, 11) is -1.09. The van der Waals surface area contributed by atoms with Crippen molar-refractivity contribution in [2.45, 2.75) is 259 Å². The Morgan fingerprint density at radius 1 is 0.466 bits per heavy atom. The Morgan fingerprint density at radius 2 is 0.845 bits per heavy atom. The van der Waals surface area contributed by atoms with Gasteiger partial charge in [-0.2, -0.15) is 0 Å². The molecule has 0 saturated carbocycles. The highest BCUT2D eigenvalue weighted by atomic mass is 31.2. The highest BCUT2D eigenvalue weighted by molar-refractivity contribution is 7.47. The molecule has 34 nitrogen and oxygen atoms in total. The van der Waals surface area contributed by atoms with Crippen LogP contribution >= 0.6 is 7.82 Å². The molecule has 0 bridgehead atoms. The van der Waals surface area contributed by atoms with Crippen LogP contribution in [0.15, 0.2) is 0 Å². The van der Waals surface area contributed by atoms with Crippen LogP contribution < -0.4 is 27.0 Å². The molecular formula is C68H133N6O28P. The summed E-state index contributed by atoms with van der Waals surface area (Å²) in [5.41, 5.74) is 5.30. The molecule has 0 aliphatic carbocycles. The fourth-order valence-electron chi connectivity index (χ4n) is 10.4. The van der Waals surface area contributed by atoms with Gasteiger partial charge in [0.1, 0.15) is 59.8 Å². The van der Waals surface area contributed by atoms with Crippen molar-refractivity contribution in [3.05, 3.63) is 0 Å². The molecule has 3 aliphatic heterocycles. The molecule has 103 heavy (non-hydrogen) atoms. The molecule has 3 fully saturated rings. The molecule has 0 aromatic heterocycles. The number of phosphoric acid groups is 1. The molecular weight excluding hydrogens is 1380 g/mol. The first-order valence-corrected chi connectivity index (χ1v) is 37.0. The minimum atomic E-state index is -3.75. The quantitative estimate of drug-likeness (QED) is 0.0289. The van der Waals surface area contributed by atoms with E-state index in [9.17, 15) is 88.9 Å². The zero-order valence-electron chi connectivity index (χ0n) is 60.9. The summed E-state index contributed by atoms with van der Waals surface area (Å²) in [5.74, 6) is -5.90. The minimum Gasteiger partial charge on any atom is -0.394 e. The van der Waals surface area contributed by atoms with Gasteiger partial charge in [0.25, 0.3) is 0 Å². The van der Waals surface area contributed by atoms with Crippen molar-refractivity contribution in [2.75, 3.05) is 113 Å². The lowest BCUT2D eigenvalue weighted by atomic mass is 9.92. The Hall–Kier alpha value is -4.05. The van der Waals surface area contributed by atoms with E-state index < -0.39 is 180 Å². The molecule has 35 heteroatoms. The molecule has 0 aromatic carbocycles. The molecule has 608 valence electrons. The van der Waals surface area contributed by atoms with E-state index in [2.05, 4.69) is 30.3 Å². The van der Waals surface area contributed by atoms with E-state index in [4.69, 9.17) is 43.8 Å². The fourth-order valence-corrected chi connectivity index (χ4v) is 10.9. The number of nitrogens with one attached hydrogen (secondary N) is 4. The van der Waals surface area contributed by atoms with Gasteiger partial charge in [-0.3, -0.25) is 52.3 Å². The number of rotatable bonds is 51. The third kappa shape index (κ3) is 42.9. The van der Waals surface area contributed by atoms with Crippen LogP contribution in [0, 0.1) is 17.8 Å². The molecule has 16 N–H and O–H groups in total. The van der Waals surface area contributed by atoms with E-state index in [1.807, 2.05) is 27.7 Å². The first kappa shape index (κ1) is 103. The SMILES string of the molecule is C.C.CC.CC.COCCCC(=O)CCCC(=O)CCC(C(=O)NCC(=O)NCCCO[C@@H]1OC(CO)[C@H](O)[C@H](O)C1C)N(CC(=O)CCC(=O)NCCCO[C@@H]1OC(CO)[C@H](O)[C@H](O)C1C)CC(=O)CCC(=O)NCCCO[C@@H]1OC(CO)[C@H](O)[C@H](O)C1C.COP(=O)(O)OCCCCCCN. The number of unbranched alkanes of at least 4 members (excludes halogenated alkanes) is 3. The summed E-state index contributed by atoms with van der Waals surface area (Å²) in [5, 5.41) is 100. The van der Waals surface area contributed by atoms with Gasteiger partial charge in [0.2, 0.25) is 23.6 Å². The minimum absolute atomic E-state index is 0. The number of aliphatic hydroxyl groups excluding tert-OH is 9. The van der Waals surface area contributed by atoms with Crippen LogP contribution in [0.4, 0.5) is 0 Å². The first-order valence-electron chi connectivity index (χ1n) is 35.5. The Bertz CT molecular complexity index is 2260. The lowest BCUT2D eigenvalue weighted by Crippen LogP contribution is -2.55. The van der Waals surface area contributed by atoms with Crippen molar-refractivity contribution in [3.8, 4) is 0 Å². The van der Waals surface area contributed by atoms with E-state index in [0.29, 0.717) is 19.6 Å². The summed E-state index contributed by atoms with van der Waals surface area (Å²) < 4.78 is 58.3. The highest BCUT2D eigenvalue weighted by Gasteiger charge is 2.45. The van der Waals surface area contributed by atoms with Crippen molar-refractivity contribution >= 4 is 54.6 Å². The number of nitrogens with zero attached hydrogens (tertiary/aromatic N) is 1. The number of phosphoric ester groups is 1. The molecule has 0 spiro atoms. The lowest BCUT2D eigenvalue weighted by Gasteiger charge is -2.40. The zero-order valence-corrected chi connectivity index (χ0v) is 61.8. The standard InChI is InChI=1S/C55H95N5O24.C7H18NO4P.2C2H6.2CH4/c1-32-46(71)49(74)40(29-61)82-53(32)79-23-7-19-56-43(68)17-14-37(66)27-60(28-38(67)15-18-44(69)57-20-8-24-80-54-33(2)47(72)50(75)41(30-62)83-54)39(16-13-36(65)11-5-10-35(64)12-6-22-78-4)52(77)59-26-45(70)58-21-9-25-81-55-34(3)48(73)51(76)42(31-63)84-55;1-11-13(9,10)12-7-5-3-2-4-6-8;2*1-2;;/h32-34,39-42,46-51,53-55,61-63,71-76H,5-31H2,1-4H3,(H,56,68)(H,57,69)(H,58,70)(H,59,77);2-8H2,1H3,(H,9,10);2*1-2H3;2*1H4/t32?,33?,34?,39?,40?,41?,42?,46-,47-,48-,49+,50+,51+,53-,54-,55-;;;;;/m1...../s1. The number of Topliss-reactive ketones (excluding diaryl/α,β-unsaturated/α-hetero) is 4. The lowest BCUT2D eigenvalue weighted by molar-refractivity contribution is -0.282. The smallest absolute Gasteiger partial charge is 0.394 e. The Balaban J connectivity index is -0.00000468. The number of hydrogen-bond donors (Lipinski definition) is 15. The van der Waals surface area contributed by atoms with E-state index in [1.54, 1.807) is 20.8 Å². The molecule has 17 atom stereocenters. The number of ether oxygens (including phenoxy) is 7. The van der Waals surface area contributed by atoms with E-state index in [0.717, 1.165) is 32.8 Å². The summed E-state index contributed by atoms with van der Waals surface area (Å²) in [4.78, 5) is 116. The summed E-state index contributed by atoms with van der Waals surface area (Å²) in [6.45, 7) is 11.3. The number of ketones is 4. The van der Waals surface area contributed by atoms with Crippen LogP contribution in [0.3, 0.4) is 0 Å². The summed E-state index contributed by atoms with van der Waals surface area (Å²) >= 11 is 0. The van der Waals surface area contributed by atoms with Gasteiger partial charge < -0.3 is 111 Å². The number of hydrogen-bond acceptors (Lipinski definition) is 29. The number of methoxy groups -OCH3 is 1. The largest absolute Gasteiger partial charge is 0.471 e. The van der Waals surface area contributed by atoms with Crippen LogP contribution in [0.2, 0.25) is 0 Å². The van der Waals surface area contributed by atoms with Gasteiger partial charge in [-0.05, 0) is 57.9 Å². The normalized spacial score (nSPS) is 25.2. The van der Waals surface area contributed by atoms with Gasteiger partial charge in [-0.25, -0.2) is 4.57 Å². The maximum absolute atomic E-state index is 14.2. The van der Waals surface area contributed by atoms with Gasteiger partial charge >= 0.3 is 7.82 Å². The summed E-state index contributed by atoms with van der Waals surface area (Å²) in [6, 6.07) is -1.38. The molecule has 4 amide bonds. The topological polar surface area (TPSA) is 516 Å². The Labute approximate surface area is 609 Å². The van der Waals surface area contributed by atoms with Crippen molar-refractivity contribution < 1.29 is 136 Å². The van der Waals surface area contributed by atoms with Gasteiger partial charge in [-0.1, -0.05) is 76.2 Å². The van der Waals surface area contributed by atoms with Crippen molar-refractivity contribution in [1.82, 2.24) is 26.2 Å². The number of carbonyl (C=O) groups is 8. The van der Waals surface area contributed by atoms with Crippen LogP contribution in [-0.2, 0) is 85.1 Å². The molecule has 8 unspecified atom stereocenters. The highest BCUT2D eigenvalue weighted by Crippen LogP contribution is 2.42. The molecule has 3 saturated heterocycles. The second-order valence-electron chi connectivity index (χ2n) is 24.4. The van der Waals surface area contributed by atoms with Gasteiger partial charge in [0.15, 0.2) is 18.9 Å². The third-order valence-corrected chi connectivity index (χ3v) is 17.5. The second kappa shape index (κ2) is 60.9. The van der Waals surface area contributed by atoms with Crippen molar-refractivity contribution in [2.24, 2.45) is 23.5 Å². The van der Waals surface area contributed by atoms with Crippen LogP contribution in [0.25, 0.3) is 0 Å². The Morgan fingerprint density at radius 3 is 1.22 bits per heavy atom. The summed E-state index contributed by atoms with van der Waals surface area (Å²) in [6.07, 6.45) is -9.58. The zero-order chi connectivity index (χ0) is 76.5. The van der Waals surface area contributed by atoms with Crippen LogP contribution in [-0.4, -0.2) is 295 Å². The monoisotopic (exact) mass is 1510 g/mol. The predicted octanol–water partition coefficient (Wildman–Crippen LogP) is 0.375. The average molecular weight is 1510 g/mol.